The number of carbonyl (C=O) groups is 1. The van der Waals surface area contributed by atoms with Crippen LogP contribution in [0.1, 0.15) is 52.9 Å². The molecule has 2 aromatic carbocycles. The molecule has 4 nitrogen and oxygen atoms in total. The lowest BCUT2D eigenvalue weighted by atomic mass is 9.98. The predicted octanol–water partition coefficient (Wildman–Crippen LogP) is 6.84. The van der Waals surface area contributed by atoms with Crippen LogP contribution in [-0.2, 0) is 14.3 Å². The van der Waals surface area contributed by atoms with Crippen LogP contribution >= 0.6 is 0 Å². The van der Waals surface area contributed by atoms with E-state index in [-0.39, 0.29) is 6.61 Å². The molecule has 1 fully saturated rings. The summed E-state index contributed by atoms with van der Waals surface area (Å²) < 4.78 is 16.0. The van der Waals surface area contributed by atoms with Gasteiger partial charge in [-0.3, -0.25) is 0 Å². The number of carbonyl (C=O) groups excluding carboxylic acids is 1. The molecule has 0 aliphatic heterocycles. The van der Waals surface area contributed by atoms with Gasteiger partial charge in [0.25, 0.3) is 0 Å². The van der Waals surface area contributed by atoms with E-state index in [1.807, 2.05) is 68.4 Å². The zero-order valence-electron chi connectivity index (χ0n) is 19.3. The molecule has 1 aliphatic carbocycles. The van der Waals surface area contributed by atoms with E-state index < -0.39 is 5.97 Å². The lowest BCUT2D eigenvalue weighted by Gasteiger charge is -2.20. The van der Waals surface area contributed by atoms with Crippen LogP contribution < -0.4 is 4.74 Å². The molecule has 4 heteroatoms. The van der Waals surface area contributed by atoms with Crippen LogP contribution in [0, 0.1) is 0 Å². The molecule has 0 bridgehead atoms. The molecule has 0 heterocycles. The minimum Gasteiger partial charge on any atom is -0.489 e. The first-order valence-electron chi connectivity index (χ1n) is 11.4. The zero-order valence-corrected chi connectivity index (χ0v) is 19.3. The molecular weight excluding hydrogens is 388 g/mol. The number of rotatable bonds is 8. The predicted molar refractivity (Wildman–Crippen MR) is 128 cm³/mol. The van der Waals surface area contributed by atoms with Crippen molar-refractivity contribution in [3.8, 4) is 16.9 Å². The van der Waals surface area contributed by atoms with Crippen molar-refractivity contribution in [3.05, 3.63) is 67.3 Å². The maximum Gasteiger partial charge on any atom is 0.330 e. The summed E-state index contributed by atoms with van der Waals surface area (Å²) in [5, 5.41) is 0. The van der Waals surface area contributed by atoms with Crippen molar-refractivity contribution in [1.29, 1.82) is 0 Å². The van der Waals surface area contributed by atoms with Gasteiger partial charge >= 0.3 is 5.97 Å². The van der Waals surface area contributed by atoms with Gasteiger partial charge in [-0.15, -0.1) is 0 Å². The monoisotopic (exact) mass is 426 g/mol. The van der Waals surface area contributed by atoms with Crippen molar-refractivity contribution >= 4 is 5.97 Å². The Morgan fingerprint density at radius 3 is 2.26 bits per heavy atom. The summed E-state index contributed by atoms with van der Waals surface area (Å²) in [6.45, 7) is 10.8. The van der Waals surface area contributed by atoms with Crippen LogP contribution in [0.15, 0.2) is 67.3 Å². The first-order chi connectivity index (χ1) is 15.2. The Morgan fingerprint density at radius 2 is 1.61 bits per heavy atom. The smallest absolute Gasteiger partial charge is 0.330 e. The summed E-state index contributed by atoms with van der Waals surface area (Å²) in [4.78, 5) is 10.9. The van der Waals surface area contributed by atoms with Crippen LogP contribution in [0.5, 0.6) is 5.75 Å². The van der Waals surface area contributed by atoms with E-state index in [1.165, 1.54) is 32.1 Å². The van der Waals surface area contributed by atoms with Gasteiger partial charge in [0.2, 0.25) is 0 Å². The van der Waals surface area contributed by atoms with Crippen LogP contribution in [0.2, 0.25) is 0 Å². The minimum absolute atomic E-state index is 0.202. The Bertz CT molecular complexity index is 718. The Kier molecular flexibility index (Phi) is 14.6. The summed E-state index contributed by atoms with van der Waals surface area (Å²) in [6.07, 6.45) is 8.52. The second-order valence-corrected chi connectivity index (χ2v) is 6.80. The lowest BCUT2D eigenvalue weighted by molar-refractivity contribution is -0.138. The van der Waals surface area contributed by atoms with Gasteiger partial charge in [0.1, 0.15) is 19.0 Å². The average Bonchev–Trinajstić information content (AvgIpc) is 2.85. The van der Waals surface area contributed by atoms with E-state index in [2.05, 4.69) is 13.5 Å². The Balaban J connectivity index is 0.000000365. The van der Waals surface area contributed by atoms with Gasteiger partial charge in [0, 0.05) is 18.2 Å². The molecule has 2 aromatic rings. The molecule has 0 atom stereocenters. The molecule has 31 heavy (non-hydrogen) atoms. The molecule has 0 spiro atoms. The third kappa shape index (κ3) is 10.8. The molecule has 3 rings (SSSR count). The highest BCUT2D eigenvalue weighted by Gasteiger charge is 2.11. The van der Waals surface area contributed by atoms with Crippen molar-refractivity contribution in [2.24, 2.45) is 0 Å². The van der Waals surface area contributed by atoms with E-state index in [9.17, 15) is 4.79 Å². The SMILES string of the molecule is C=CC(=O)OCCOc1ccccc1-c1ccccc1.CC.CCOC1CCCCC1. The number of para-hydroxylation sites is 1. The van der Waals surface area contributed by atoms with Crippen LogP contribution in [0.25, 0.3) is 11.1 Å². The first kappa shape index (κ1) is 26.4. The van der Waals surface area contributed by atoms with Crippen molar-refractivity contribution in [2.75, 3.05) is 19.8 Å². The normalized spacial score (nSPS) is 13.0. The molecule has 0 unspecified atom stereocenters. The highest BCUT2D eigenvalue weighted by Crippen LogP contribution is 2.29. The summed E-state index contributed by atoms with van der Waals surface area (Å²) in [7, 11) is 0. The standard InChI is InChI=1S/C17H16O3.C8H16O.C2H6/c1-2-17(18)20-13-12-19-16-11-7-6-10-15(16)14-8-4-3-5-9-14;1-2-9-8-6-4-3-5-7-8;1-2/h2-11H,1,12-13H2;8H,2-7H2,1H3;1-2H3. The molecule has 0 aromatic heterocycles. The molecule has 1 aliphatic rings. The van der Waals surface area contributed by atoms with Gasteiger partial charge in [-0.05, 0) is 31.4 Å². The Hall–Kier alpha value is -2.59. The lowest BCUT2D eigenvalue weighted by Crippen LogP contribution is -2.15. The number of ether oxygens (including phenoxy) is 3. The largest absolute Gasteiger partial charge is 0.489 e. The van der Waals surface area contributed by atoms with Gasteiger partial charge in [-0.25, -0.2) is 4.79 Å². The fraction of sp³-hybridized carbons (Fsp3) is 0.444. The zero-order chi connectivity index (χ0) is 22.7. The maximum atomic E-state index is 10.9. The second-order valence-electron chi connectivity index (χ2n) is 6.80. The van der Waals surface area contributed by atoms with Gasteiger partial charge in [-0.1, -0.05) is 88.2 Å². The quantitative estimate of drug-likeness (QED) is 0.263. The van der Waals surface area contributed by atoms with Crippen LogP contribution in [-0.4, -0.2) is 31.9 Å². The molecule has 170 valence electrons. The fourth-order valence-corrected chi connectivity index (χ4v) is 3.27. The van der Waals surface area contributed by atoms with E-state index >= 15 is 0 Å². The molecular formula is C27H38O4. The number of hydrogen-bond donors (Lipinski definition) is 0. The van der Waals surface area contributed by atoms with Crippen molar-refractivity contribution in [2.45, 2.75) is 59.0 Å². The molecule has 1 saturated carbocycles. The maximum absolute atomic E-state index is 10.9. The van der Waals surface area contributed by atoms with E-state index in [1.54, 1.807) is 0 Å². The Labute approximate surface area is 188 Å². The average molecular weight is 427 g/mol. The number of benzene rings is 2. The van der Waals surface area contributed by atoms with Crippen molar-refractivity contribution in [1.82, 2.24) is 0 Å². The van der Waals surface area contributed by atoms with Gasteiger partial charge < -0.3 is 14.2 Å². The Morgan fingerprint density at radius 1 is 0.968 bits per heavy atom. The highest BCUT2D eigenvalue weighted by molar-refractivity contribution is 5.81. The van der Waals surface area contributed by atoms with E-state index in [0.717, 1.165) is 29.6 Å². The van der Waals surface area contributed by atoms with E-state index in [0.29, 0.717) is 12.7 Å². The molecule has 0 saturated heterocycles. The third-order valence-corrected chi connectivity index (χ3v) is 4.68. The number of esters is 1. The summed E-state index contributed by atoms with van der Waals surface area (Å²) in [5.41, 5.74) is 2.11. The van der Waals surface area contributed by atoms with Crippen LogP contribution in [0.3, 0.4) is 0 Å². The highest BCUT2D eigenvalue weighted by atomic mass is 16.6. The summed E-state index contributed by atoms with van der Waals surface area (Å²) >= 11 is 0. The van der Waals surface area contributed by atoms with Gasteiger partial charge in [-0.2, -0.15) is 0 Å². The van der Waals surface area contributed by atoms with E-state index in [4.69, 9.17) is 14.2 Å². The minimum atomic E-state index is -0.440. The van der Waals surface area contributed by atoms with Crippen LogP contribution in [0.4, 0.5) is 0 Å². The third-order valence-electron chi connectivity index (χ3n) is 4.68. The van der Waals surface area contributed by atoms with Crippen molar-refractivity contribution < 1.29 is 19.0 Å². The van der Waals surface area contributed by atoms with Crippen molar-refractivity contribution in [3.63, 3.8) is 0 Å². The number of hydrogen-bond acceptors (Lipinski definition) is 4. The molecule has 0 amide bonds. The van der Waals surface area contributed by atoms with Gasteiger partial charge in [0.15, 0.2) is 0 Å². The first-order valence-corrected chi connectivity index (χ1v) is 11.4. The second kappa shape index (κ2) is 17.1. The van der Waals surface area contributed by atoms with Gasteiger partial charge in [0.05, 0.1) is 6.10 Å². The molecule has 0 N–H and O–H groups in total. The summed E-state index contributed by atoms with van der Waals surface area (Å²) in [6, 6.07) is 17.8. The summed E-state index contributed by atoms with van der Waals surface area (Å²) in [5.74, 6) is 0.332. The molecule has 0 radical (unpaired) electrons. The fourth-order valence-electron chi connectivity index (χ4n) is 3.27. The topological polar surface area (TPSA) is 44.8 Å².